The molecule has 3 aromatic rings. The normalized spacial score (nSPS) is 19.8. The first-order chi connectivity index (χ1) is 18.6. The van der Waals surface area contributed by atoms with E-state index in [0.717, 1.165) is 23.1 Å². The lowest BCUT2D eigenvalue weighted by Crippen LogP contribution is -2.41. The molecule has 1 saturated heterocycles. The first-order valence-corrected chi connectivity index (χ1v) is 13.2. The number of imide groups is 3. The minimum atomic E-state index is -1.19. The number of aromatic nitrogens is 1. The zero-order valence-corrected chi connectivity index (χ0v) is 22.2. The Kier molecular flexibility index (Phi) is 6.82. The van der Waals surface area contributed by atoms with Crippen molar-refractivity contribution in [3.8, 4) is 17.2 Å². The SMILES string of the molecule is COc1ccc(NC(=O)Cn2c3c(sc2=O)[C@@H](c2ccc(O)c(OC)c2)[C@H]2C(=O)N(C(N)=O)C(=O)[C@H]2S3)cc1. The maximum absolute atomic E-state index is 13.3. The predicted octanol–water partition coefficient (Wildman–Crippen LogP) is 1.94. The van der Waals surface area contributed by atoms with Crippen molar-refractivity contribution in [2.24, 2.45) is 11.7 Å². The van der Waals surface area contributed by atoms with Gasteiger partial charge in [-0.15, -0.1) is 0 Å². The number of primary amides is 1. The Bertz CT molecular complexity index is 1560. The molecule has 202 valence electrons. The molecule has 2 aromatic carbocycles. The molecule has 5 amide bonds. The number of aromatic hydroxyl groups is 1. The highest BCUT2D eigenvalue weighted by Gasteiger charge is 2.58. The second kappa shape index (κ2) is 10.1. The van der Waals surface area contributed by atoms with E-state index in [1.807, 2.05) is 0 Å². The molecule has 2 aliphatic rings. The number of amides is 5. The van der Waals surface area contributed by atoms with Gasteiger partial charge in [-0.05, 0) is 42.0 Å². The van der Waals surface area contributed by atoms with Crippen molar-refractivity contribution in [1.29, 1.82) is 0 Å². The Labute approximate surface area is 229 Å². The van der Waals surface area contributed by atoms with Gasteiger partial charge in [-0.1, -0.05) is 29.2 Å². The molecule has 0 bridgehead atoms. The van der Waals surface area contributed by atoms with Crippen molar-refractivity contribution in [1.82, 2.24) is 9.47 Å². The fourth-order valence-corrected chi connectivity index (χ4v) is 7.51. The highest BCUT2D eigenvalue weighted by molar-refractivity contribution is 8.00. The number of urea groups is 1. The van der Waals surface area contributed by atoms with E-state index >= 15 is 0 Å². The van der Waals surface area contributed by atoms with Gasteiger partial charge >= 0.3 is 10.9 Å². The summed E-state index contributed by atoms with van der Waals surface area (Å²) in [6, 6.07) is 9.89. The Hall–Kier alpha value is -4.30. The van der Waals surface area contributed by atoms with Crippen LogP contribution in [0.3, 0.4) is 0 Å². The van der Waals surface area contributed by atoms with E-state index in [1.165, 1.54) is 30.9 Å². The molecule has 1 fully saturated rings. The number of anilines is 1. The number of nitrogens with one attached hydrogen (secondary N) is 1. The van der Waals surface area contributed by atoms with Crippen molar-refractivity contribution in [2.45, 2.75) is 22.7 Å². The van der Waals surface area contributed by atoms with Crippen molar-refractivity contribution in [3.05, 3.63) is 62.6 Å². The van der Waals surface area contributed by atoms with E-state index in [9.17, 15) is 29.1 Å². The van der Waals surface area contributed by atoms with E-state index in [1.54, 1.807) is 30.3 Å². The average molecular weight is 571 g/mol. The zero-order chi connectivity index (χ0) is 28.0. The summed E-state index contributed by atoms with van der Waals surface area (Å²) in [6.45, 7) is -0.353. The average Bonchev–Trinajstić information content (AvgIpc) is 3.35. The summed E-state index contributed by atoms with van der Waals surface area (Å²) < 4.78 is 11.6. The van der Waals surface area contributed by atoms with E-state index in [4.69, 9.17) is 15.2 Å². The molecule has 3 heterocycles. The van der Waals surface area contributed by atoms with Gasteiger partial charge in [0, 0.05) is 16.5 Å². The van der Waals surface area contributed by atoms with Crippen LogP contribution in [0.4, 0.5) is 10.5 Å². The van der Waals surface area contributed by atoms with Crippen molar-refractivity contribution in [2.75, 3.05) is 19.5 Å². The van der Waals surface area contributed by atoms with Crippen LogP contribution in [-0.4, -0.2) is 57.8 Å². The number of phenolic OH excluding ortho intramolecular Hbond substituents is 1. The van der Waals surface area contributed by atoms with Gasteiger partial charge < -0.3 is 25.6 Å². The Balaban J connectivity index is 1.56. The number of benzene rings is 2. The molecule has 4 N–H and O–H groups in total. The van der Waals surface area contributed by atoms with Gasteiger partial charge in [-0.25, -0.2) is 4.79 Å². The second-order valence-corrected chi connectivity index (χ2v) is 10.8. The minimum absolute atomic E-state index is 0.123. The number of thiazole rings is 1. The first-order valence-electron chi connectivity index (χ1n) is 11.5. The van der Waals surface area contributed by atoms with Crippen LogP contribution in [0, 0.1) is 5.92 Å². The van der Waals surface area contributed by atoms with Gasteiger partial charge in [0.05, 0.1) is 25.2 Å². The molecule has 2 aliphatic heterocycles. The Morgan fingerprint density at radius 1 is 1.05 bits per heavy atom. The quantitative estimate of drug-likeness (QED) is 0.375. The Morgan fingerprint density at radius 3 is 2.41 bits per heavy atom. The molecule has 0 spiro atoms. The van der Waals surface area contributed by atoms with Crippen molar-refractivity contribution < 1.29 is 33.8 Å². The zero-order valence-electron chi connectivity index (χ0n) is 20.6. The number of rotatable bonds is 6. The lowest BCUT2D eigenvalue weighted by molar-refractivity contribution is -0.135. The van der Waals surface area contributed by atoms with Crippen LogP contribution in [0.25, 0.3) is 0 Å². The van der Waals surface area contributed by atoms with E-state index in [2.05, 4.69) is 5.32 Å². The molecule has 0 aliphatic carbocycles. The number of methoxy groups -OCH3 is 2. The van der Waals surface area contributed by atoms with Gasteiger partial charge in [0.1, 0.15) is 17.5 Å². The molecule has 5 rings (SSSR count). The summed E-state index contributed by atoms with van der Waals surface area (Å²) in [7, 11) is 2.88. The summed E-state index contributed by atoms with van der Waals surface area (Å²) in [6.07, 6.45) is 0. The third kappa shape index (κ3) is 4.51. The third-order valence-electron chi connectivity index (χ3n) is 6.51. The summed E-state index contributed by atoms with van der Waals surface area (Å²) >= 11 is 1.79. The fraction of sp³-hybridized carbons (Fsp3) is 0.240. The predicted molar refractivity (Wildman–Crippen MR) is 141 cm³/mol. The maximum Gasteiger partial charge on any atom is 0.328 e. The number of thioether (sulfide) groups is 1. The number of nitrogens with zero attached hydrogens (tertiary/aromatic N) is 2. The van der Waals surface area contributed by atoms with Gasteiger partial charge in [-0.2, -0.15) is 4.90 Å². The van der Waals surface area contributed by atoms with Gasteiger partial charge in [0.15, 0.2) is 11.5 Å². The first kappa shape index (κ1) is 26.3. The molecule has 3 atom stereocenters. The smallest absolute Gasteiger partial charge is 0.328 e. The van der Waals surface area contributed by atoms with Crippen molar-refractivity contribution >= 4 is 52.5 Å². The van der Waals surface area contributed by atoms with Crippen molar-refractivity contribution in [3.63, 3.8) is 0 Å². The van der Waals surface area contributed by atoms with Crippen LogP contribution in [-0.2, 0) is 20.9 Å². The molecule has 12 nitrogen and oxygen atoms in total. The molecule has 14 heteroatoms. The van der Waals surface area contributed by atoms with Crippen LogP contribution in [0.2, 0.25) is 0 Å². The lowest BCUT2D eigenvalue weighted by atomic mass is 9.83. The Morgan fingerprint density at radius 2 is 1.77 bits per heavy atom. The molecule has 0 unspecified atom stereocenters. The third-order valence-corrected chi connectivity index (χ3v) is 9.11. The van der Waals surface area contributed by atoms with Crippen LogP contribution in [0.1, 0.15) is 16.4 Å². The molecule has 1 aromatic heterocycles. The number of ether oxygens (including phenoxy) is 2. The number of carbonyl (C=O) groups is 4. The van der Waals surface area contributed by atoms with E-state index in [0.29, 0.717) is 31.8 Å². The van der Waals surface area contributed by atoms with Crippen LogP contribution >= 0.6 is 23.1 Å². The highest BCUT2D eigenvalue weighted by Crippen LogP contribution is 2.53. The van der Waals surface area contributed by atoms with Gasteiger partial charge in [0.25, 0.3) is 5.91 Å². The fourth-order valence-electron chi connectivity index (χ4n) is 4.74. The topological polar surface area (TPSA) is 170 Å². The standard InChI is InChI=1S/C25H22N4O8S2/c1-36-13-6-4-12(5-7-13)27-16(31)10-28-23-20(39-25(28)35)17(11-3-8-14(30)15(9-11)37-2)18-19(38-23)22(33)29(21(18)32)24(26)34/h3-9,17-19,30H,10H2,1-2H3,(H2,26,34)(H,27,31)/t17-,18+,19-/m0/s1. The molecule has 39 heavy (non-hydrogen) atoms. The second-order valence-electron chi connectivity index (χ2n) is 8.72. The van der Waals surface area contributed by atoms with E-state index in [-0.39, 0.29) is 18.0 Å². The number of likely N-dealkylation sites (tertiary alicyclic amines) is 1. The van der Waals surface area contributed by atoms with Gasteiger partial charge in [-0.3, -0.25) is 23.7 Å². The molecular weight excluding hydrogens is 548 g/mol. The van der Waals surface area contributed by atoms with E-state index < -0.39 is 45.7 Å². The molecule has 0 radical (unpaired) electrons. The highest BCUT2D eigenvalue weighted by atomic mass is 32.2. The summed E-state index contributed by atoms with van der Waals surface area (Å²) in [4.78, 5) is 64.8. The number of nitrogens with two attached hydrogens (primary N) is 1. The number of fused-ring (bicyclic) bond motifs is 2. The number of phenols is 1. The summed E-state index contributed by atoms with van der Waals surface area (Å²) in [5.74, 6) is -3.36. The maximum atomic E-state index is 13.3. The largest absolute Gasteiger partial charge is 0.504 e. The monoisotopic (exact) mass is 570 g/mol. The minimum Gasteiger partial charge on any atom is -0.504 e. The van der Waals surface area contributed by atoms with Crippen LogP contribution in [0.5, 0.6) is 17.2 Å². The molecule has 0 saturated carbocycles. The summed E-state index contributed by atoms with van der Waals surface area (Å²) in [5.41, 5.74) is 6.31. The van der Waals surface area contributed by atoms with Crippen LogP contribution < -0.4 is 25.4 Å². The van der Waals surface area contributed by atoms with Crippen LogP contribution in [0.15, 0.2) is 52.3 Å². The number of carbonyl (C=O) groups excluding carboxylic acids is 4. The number of hydrogen-bond acceptors (Lipinski definition) is 10. The summed E-state index contributed by atoms with van der Waals surface area (Å²) in [5, 5.41) is 12.1. The number of hydrogen-bond donors (Lipinski definition) is 3. The lowest BCUT2D eigenvalue weighted by Gasteiger charge is -2.30. The van der Waals surface area contributed by atoms with Gasteiger partial charge in [0.2, 0.25) is 11.8 Å². The molecular formula is C25H22N4O8S2.